The van der Waals surface area contributed by atoms with Crippen molar-refractivity contribution in [3.8, 4) is 0 Å². The molecule has 0 aliphatic rings. The summed E-state index contributed by atoms with van der Waals surface area (Å²) in [5.41, 5.74) is 4.67. The highest BCUT2D eigenvalue weighted by atomic mass is 16.3. The maximum absolute atomic E-state index is 11.5. The van der Waals surface area contributed by atoms with E-state index in [4.69, 9.17) is 10.3 Å². The predicted octanol–water partition coefficient (Wildman–Crippen LogP) is 1.88. The zero-order valence-electron chi connectivity index (χ0n) is 11.3. The molecule has 3 rings (SSSR count). The molecule has 0 radical (unpaired) electrons. The van der Waals surface area contributed by atoms with Crippen LogP contribution >= 0.6 is 0 Å². The van der Waals surface area contributed by atoms with Crippen LogP contribution in [0, 0.1) is 6.92 Å². The number of hydrazine groups is 1. The van der Waals surface area contributed by atoms with E-state index in [1.165, 1.54) is 12.5 Å². The number of fused-ring (bicyclic) bond motifs is 1. The first kappa shape index (κ1) is 13.1. The Morgan fingerprint density at radius 2 is 2.24 bits per heavy atom. The normalized spacial score (nSPS) is 10.6. The number of carbonyl (C=O) groups is 1. The lowest BCUT2D eigenvalue weighted by molar-refractivity contribution is 0.0954. The number of nitrogen functional groups attached to an aromatic ring is 1. The Morgan fingerprint density at radius 1 is 1.38 bits per heavy atom. The Kier molecular flexibility index (Phi) is 3.25. The molecule has 0 fully saturated rings. The number of anilines is 2. The molecule has 1 amide bonds. The molecule has 0 aliphatic heterocycles. The molecule has 0 saturated heterocycles. The summed E-state index contributed by atoms with van der Waals surface area (Å²) in [5, 5.41) is 3.59. The van der Waals surface area contributed by atoms with Crippen LogP contribution < -0.4 is 16.6 Å². The average Bonchev–Trinajstić information content (AvgIpc) is 2.89. The molecule has 4 N–H and O–H groups in total. The number of furan rings is 1. The van der Waals surface area contributed by atoms with Crippen molar-refractivity contribution in [1.82, 2.24) is 15.4 Å². The summed E-state index contributed by atoms with van der Waals surface area (Å²) in [6.07, 6.45) is 2.83. The van der Waals surface area contributed by atoms with Gasteiger partial charge in [-0.15, -0.1) is 0 Å². The van der Waals surface area contributed by atoms with E-state index < -0.39 is 5.91 Å². The Balaban J connectivity index is 1.93. The quantitative estimate of drug-likeness (QED) is 0.385. The third-order valence-electron chi connectivity index (χ3n) is 2.98. The van der Waals surface area contributed by atoms with E-state index in [1.54, 1.807) is 0 Å². The molecule has 2 aromatic heterocycles. The maximum Gasteiger partial charge on any atom is 0.269 e. The highest BCUT2D eigenvalue weighted by Gasteiger charge is 2.14. The van der Waals surface area contributed by atoms with Crippen molar-refractivity contribution in [2.75, 3.05) is 5.32 Å². The highest BCUT2D eigenvalue weighted by Crippen LogP contribution is 2.21. The van der Waals surface area contributed by atoms with E-state index >= 15 is 0 Å². The van der Waals surface area contributed by atoms with Gasteiger partial charge in [-0.05, 0) is 24.6 Å². The molecule has 3 aromatic rings. The monoisotopic (exact) mass is 283 g/mol. The van der Waals surface area contributed by atoms with Gasteiger partial charge in [0.2, 0.25) is 11.7 Å². The van der Waals surface area contributed by atoms with Crippen molar-refractivity contribution in [2.45, 2.75) is 6.92 Å². The van der Waals surface area contributed by atoms with Gasteiger partial charge in [-0.3, -0.25) is 10.2 Å². The van der Waals surface area contributed by atoms with Crippen LogP contribution in [0.5, 0.6) is 0 Å². The molecule has 106 valence electrons. The number of hydrogen-bond acceptors (Lipinski definition) is 6. The maximum atomic E-state index is 11.5. The summed E-state index contributed by atoms with van der Waals surface area (Å²) in [5.74, 6) is 5.05. The number of rotatable bonds is 3. The first-order valence-corrected chi connectivity index (χ1v) is 6.26. The van der Waals surface area contributed by atoms with Crippen molar-refractivity contribution < 1.29 is 9.21 Å². The zero-order valence-corrected chi connectivity index (χ0v) is 11.3. The fourth-order valence-corrected chi connectivity index (χ4v) is 1.98. The number of amides is 1. The molecule has 0 atom stereocenters. The van der Waals surface area contributed by atoms with Gasteiger partial charge in [-0.1, -0.05) is 12.1 Å². The van der Waals surface area contributed by atoms with Gasteiger partial charge in [0.05, 0.1) is 10.9 Å². The summed E-state index contributed by atoms with van der Waals surface area (Å²) in [6, 6.07) is 7.82. The van der Waals surface area contributed by atoms with E-state index in [0.29, 0.717) is 22.6 Å². The summed E-state index contributed by atoms with van der Waals surface area (Å²) in [6.45, 7) is 2.00. The van der Waals surface area contributed by atoms with Gasteiger partial charge in [-0.2, -0.15) is 4.98 Å². The topological polar surface area (TPSA) is 106 Å². The molecule has 21 heavy (non-hydrogen) atoms. The molecule has 1 aromatic carbocycles. The number of aryl methyl sites for hydroxylation is 1. The summed E-state index contributed by atoms with van der Waals surface area (Å²) in [4.78, 5) is 19.9. The molecule has 0 spiro atoms. The van der Waals surface area contributed by atoms with Crippen LogP contribution in [-0.2, 0) is 0 Å². The second-order valence-electron chi connectivity index (χ2n) is 4.53. The number of nitrogens with one attached hydrogen (secondary N) is 2. The van der Waals surface area contributed by atoms with Gasteiger partial charge in [0.15, 0.2) is 0 Å². The van der Waals surface area contributed by atoms with Gasteiger partial charge < -0.3 is 9.73 Å². The third-order valence-corrected chi connectivity index (χ3v) is 2.98. The zero-order chi connectivity index (χ0) is 14.8. The molecule has 0 aliphatic carbocycles. The van der Waals surface area contributed by atoms with Crippen LogP contribution in [0.3, 0.4) is 0 Å². The molecule has 0 bridgehead atoms. The number of nitrogens with two attached hydrogens (primary N) is 1. The van der Waals surface area contributed by atoms with Crippen molar-refractivity contribution in [3.05, 3.63) is 47.9 Å². The molecule has 0 unspecified atom stereocenters. The first-order chi connectivity index (χ1) is 10.2. The van der Waals surface area contributed by atoms with Crippen LogP contribution in [0.25, 0.3) is 11.1 Å². The number of carbonyl (C=O) groups excluding carboxylic acids is 1. The van der Waals surface area contributed by atoms with E-state index in [0.717, 1.165) is 11.3 Å². The van der Waals surface area contributed by atoms with E-state index in [1.807, 2.05) is 31.2 Å². The van der Waals surface area contributed by atoms with E-state index in [9.17, 15) is 4.79 Å². The van der Waals surface area contributed by atoms with Gasteiger partial charge in [0.25, 0.3) is 5.91 Å². The average molecular weight is 283 g/mol. The molecular formula is C14H13N5O2. The molecular weight excluding hydrogens is 270 g/mol. The predicted molar refractivity (Wildman–Crippen MR) is 77.9 cm³/mol. The van der Waals surface area contributed by atoms with Crippen molar-refractivity contribution in [3.63, 3.8) is 0 Å². The van der Waals surface area contributed by atoms with Gasteiger partial charge >= 0.3 is 0 Å². The lowest BCUT2D eigenvalue weighted by Gasteiger charge is -2.04. The largest absolute Gasteiger partial charge is 0.445 e. The molecule has 0 saturated carbocycles. The SMILES string of the molecule is Cc1cccc(Nc2ncc3c(C(=O)NN)coc3n2)c1. The lowest BCUT2D eigenvalue weighted by atomic mass is 10.2. The van der Waals surface area contributed by atoms with Crippen LogP contribution in [0.1, 0.15) is 15.9 Å². The number of hydrogen-bond donors (Lipinski definition) is 3. The Bertz CT molecular complexity index is 812. The minimum atomic E-state index is -0.447. The van der Waals surface area contributed by atoms with Crippen molar-refractivity contribution >= 4 is 28.6 Å². The fraction of sp³-hybridized carbons (Fsp3) is 0.0714. The van der Waals surface area contributed by atoms with Crippen LogP contribution in [-0.4, -0.2) is 15.9 Å². The van der Waals surface area contributed by atoms with Crippen LogP contribution in [0.15, 0.2) is 41.1 Å². The summed E-state index contributed by atoms with van der Waals surface area (Å²) in [7, 11) is 0. The Hall–Kier alpha value is -2.93. The Labute approximate surface area is 120 Å². The van der Waals surface area contributed by atoms with Crippen molar-refractivity contribution in [1.29, 1.82) is 0 Å². The summed E-state index contributed by atoms with van der Waals surface area (Å²) >= 11 is 0. The fourth-order valence-electron chi connectivity index (χ4n) is 1.98. The van der Waals surface area contributed by atoms with E-state index in [2.05, 4.69) is 20.7 Å². The minimum Gasteiger partial charge on any atom is -0.445 e. The van der Waals surface area contributed by atoms with E-state index in [-0.39, 0.29) is 0 Å². The van der Waals surface area contributed by atoms with Crippen molar-refractivity contribution in [2.24, 2.45) is 5.84 Å². The second-order valence-corrected chi connectivity index (χ2v) is 4.53. The smallest absolute Gasteiger partial charge is 0.269 e. The molecule has 7 nitrogen and oxygen atoms in total. The van der Waals surface area contributed by atoms with Gasteiger partial charge in [0, 0.05) is 11.9 Å². The van der Waals surface area contributed by atoms with Crippen LogP contribution in [0.4, 0.5) is 11.6 Å². The summed E-state index contributed by atoms with van der Waals surface area (Å²) < 4.78 is 5.27. The van der Waals surface area contributed by atoms with Gasteiger partial charge in [0.1, 0.15) is 6.26 Å². The minimum absolute atomic E-state index is 0.301. The molecule has 7 heteroatoms. The third kappa shape index (κ3) is 2.54. The standard InChI is InChI=1S/C14H13N5O2/c1-8-3-2-4-9(5-8)17-14-16-6-10-11(12(20)19-15)7-21-13(10)18-14/h2-7H,15H2,1H3,(H,19,20)(H,16,17,18). The van der Waals surface area contributed by atoms with Gasteiger partial charge in [-0.25, -0.2) is 10.8 Å². The highest BCUT2D eigenvalue weighted by molar-refractivity contribution is 6.04. The second kappa shape index (κ2) is 5.22. The first-order valence-electron chi connectivity index (χ1n) is 6.26. The molecule has 2 heterocycles. The number of benzene rings is 1. The number of aromatic nitrogens is 2. The lowest BCUT2D eigenvalue weighted by Crippen LogP contribution is -2.29. The van der Waals surface area contributed by atoms with Crippen LogP contribution in [0.2, 0.25) is 0 Å². The number of nitrogens with zero attached hydrogens (tertiary/aromatic N) is 2. The Morgan fingerprint density at radius 3 is 3.00 bits per heavy atom.